The lowest BCUT2D eigenvalue weighted by Gasteiger charge is -2.13. The SMILES string of the molecule is NC(=O)Nc1ccc(-c2noc(-c3cccc(C4=CCOCC4)c3)n2)cc1. The van der Waals surface area contributed by atoms with Gasteiger partial charge in [-0.1, -0.05) is 23.4 Å². The van der Waals surface area contributed by atoms with Crippen LogP contribution in [0, 0.1) is 0 Å². The normalized spacial score (nSPS) is 13.9. The van der Waals surface area contributed by atoms with Crippen LogP contribution in [0.4, 0.5) is 10.5 Å². The van der Waals surface area contributed by atoms with E-state index in [2.05, 4.69) is 27.6 Å². The van der Waals surface area contributed by atoms with Crippen molar-refractivity contribution in [3.05, 3.63) is 60.2 Å². The molecule has 0 unspecified atom stereocenters. The summed E-state index contributed by atoms with van der Waals surface area (Å²) in [6.45, 7) is 1.38. The van der Waals surface area contributed by atoms with Gasteiger partial charge in [0.25, 0.3) is 5.89 Å². The van der Waals surface area contributed by atoms with Crippen molar-refractivity contribution in [2.24, 2.45) is 5.73 Å². The van der Waals surface area contributed by atoms with E-state index in [1.165, 1.54) is 5.57 Å². The molecule has 3 N–H and O–H groups in total. The molecule has 0 bridgehead atoms. The Balaban J connectivity index is 1.57. The largest absolute Gasteiger partial charge is 0.377 e. The second-order valence-electron chi connectivity index (χ2n) is 6.12. The highest BCUT2D eigenvalue weighted by atomic mass is 16.5. The maximum atomic E-state index is 10.9. The van der Waals surface area contributed by atoms with Crippen molar-refractivity contribution in [1.82, 2.24) is 10.1 Å². The van der Waals surface area contributed by atoms with Crippen molar-refractivity contribution < 1.29 is 14.1 Å². The zero-order valence-corrected chi connectivity index (χ0v) is 14.5. The molecule has 4 rings (SSSR count). The molecule has 2 heterocycles. The maximum Gasteiger partial charge on any atom is 0.316 e. The standard InChI is InChI=1S/C20H18N4O3/c21-20(25)22-17-6-4-14(5-7-17)18-23-19(27-24-18)16-3-1-2-15(12-16)13-8-10-26-11-9-13/h1-8,12H,9-11H2,(H3,21,22,25). The van der Waals surface area contributed by atoms with E-state index >= 15 is 0 Å². The minimum atomic E-state index is -0.607. The summed E-state index contributed by atoms with van der Waals surface area (Å²) in [5.74, 6) is 0.935. The fourth-order valence-corrected chi connectivity index (χ4v) is 2.94. The van der Waals surface area contributed by atoms with Gasteiger partial charge in [0, 0.05) is 16.8 Å². The van der Waals surface area contributed by atoms with Crippen LogP contribution in [0.2, 0.25) is 0 Å². The first-order valence-electron chi connectivity index (χ1n) is 8.57. The Morgan fingerprint density at radius 3 is 2.63 bits per heavy atom. The van der Waals surface area contributed by atoms with E-state index in [1.807, 2.05) is 18.2 Å². The Labute approximate surface area is 155 Å². The van der Waals surface area contributed by atoms with Crippen molar-refractivity contribution in [1.29, 1.82) is 0 Å². The summed E-state index contributed by atoms with van der Waals surface area (Å²) >= 11 is 0. The second kappa shape index (κ2) is 7.43. The number of urea groups is 1. The first kappa shape index (κ1) is 17.0. The number of carbonyl (C=O) groups is 1. The number of nitrogens with one attached hydrogen (secondary N) is 1. The quantitative estimate of drug-likeness (QED) is 0.736. The lowest BCUT2D eigenvalue weighted by atomic mass is 9.99. The molecule has 0 saturated carbocycles. The average molecular weight is 362 g/mol. The molecular weight excluding hydrogens is 344 g/mol. The van der Waals surface area contributed by atoms with Crippen LogP contribution < -0.4 is 11.1 Å². The highest BCUT2D eigenvalue weighted by Crippen LogP contribution is 2.27. The Morgan fingerprint density at radius 2 is 1.89 bits per heavy atom. The van der Waals surface area contributed by atoms with Crippen molar-refractivity contribution in [3.63, 3.8) is 0 Å². The fraction of sp³-hybridized carbons (Fsp3) is 0.150. The van der Waals surface area contributed by atoms with E-state index in [-0.39, 0.29) is 0 Å². The number of hydrogen-bond donors (Lipinski definition) is 2. The van der Waals surface area contributed by atoms with Crippen molar-refractivity contribution in [3.8, 4) is 22.8 Å². The first-order valence-corrected chi connectivity index (χ1v) is 8.57. The lowest BCUT2D eigenvalue weighted by molar-refractivity contribution is 0.161. The first-order chi connectivity index (χ1) is 13.2. The van der Waals surface area contributed by atoms with E-state index in [1.54, 1.807) is 24.3 Å². The molecule has 1 aliphatic heterocycles. The van der Waals surface area contributed by atoms with Crippen molar-refractivity contribution in [2.75, 3.05) is 18.5 Å². The summed E-state index contributed by atoms with van der Waals surface area (Å²) in [4.78, 5) is 15.4. The number of amides is 2. The smallest absolute Gasteiger partial charge is 0.316 e. The molecule has 2 aromatic carbocycles. The van der Waals surface area contributed by atoms with E-state index in [4.69, 9.17) is 15.0 Å². The summed E-state index contributed by atoms with van der Waals surface area (Å²) in [6, 6.07) is 14.5. The van der Waals surface area contributed by atoms with Crippen LogP contribution in [0.5, 0.6) is 0 Å². The highest BCUT2D eigenvalue weighted by Gasteiger charge is 2.13. The molecule has 0 spiro atoms. The number of ether oxygens (including phenoxy) is 1. The molecule has 0 radical (unpaired) electrons. The predicted molar refractivity (Wildman–Crippen MR) is 102 cm³/mol. The number of nitrogens with two attached hydrogens (primary N) is 1. The van der Waals surface area contributed by atoms with Gasteiger partial charge in [-0.25, -0.2) is 4.79 Å². The van der Waals surface area contributed by atoms with Gasteiger partial charge in [-0.3, -0.25) is 0 Å². The number of rotatable bonds is 4. The lowest BCUT2D eigenvalue weighted by Crippen LogP contribution is -2.19. The number of nitrogens with zero attached hydrogens (tertiary/aromatic N) is 2. The van der Waals surface area contributed by atoms with E-state index < -0.39 is 6.03 Å². The van der Waals surface area contributed by atoms with Crippen LogP contribution in [-0.4, -0.2) is 29.4 Å². The summed E-state index contributed by atoms with van der Waals surface area (Å²) in [6.07, 6.45) is 2.99. The fourth-order valence-electron chi connectivity index (χ4n) is 2.94. The van der Waals surface area contributed by atoms with Gasteiger partial charge < -0.3 is 20.3 Å². The summed E-state index contributed by atoms with van der Waals surface area (Å²) in [5, 5.41) is 6.58. The average Bonchev–Trinajstić information content (AvgIpc) is 3.19. The van der Waals surface area contributed by atoms with Gasteiger partial charge in [-0.05, 0) is 54.0 Å². The minimum absolute atomic E-state index is 0.457. The maximum absolute atomic E-state index is 10.9. The van der Waals surface area contributed by atoms with Gasteiger partial charge in [-0.15, -0.1) is 0 Å². The molecule has 1 aromatic heterocycles. The van der Waals surface area contributed by atoms with Crippen LogP contribution in [0.1, 0.15) is 12.0 Å². The number of aromatic nitrogens is 2. The van der Waals surface area contributed by atoms with Gasteiger partial charge >= 0.3 is 6.03 Å². The molecule has 136 valence electrons. The Kier molecular flexibility index (Phi) is 4.67. The van der Waals surface area contributed by atoms with Gasteiger partial charge in [0.05, 0.1) is 13.2 Å². The zero-order chi connectivity index (χ0) is 18.6. The van der Waals surface area contributed by atoms with E-state index in [0.29, 0.717) is 24.0 Å². The van der Waals surface area contributed by atoms with E-state index in [9.17, 15) is 4.79 Å². The van der Waals surface area contributed by atoms with Crippen LogP contribution in [0.25, 0.3) is 28.4 Å². The molecule has 3 aromatic rings. The highest BCUT2D eigenvalue weighted by molar-refractivity contribution is 5.88. The van der Waals surface area contributed by atoms with Crippen LogP contribution in [-0.2, 0) is 4.74 Å². The van der Waals surface area contributed by atoms with Crippen molar-refractivity contribution >= 4 is 17.3 Å². The molecule has 0 fully saturated rings. The van der Waals surface area contributed by atoms with Crippen LogP contribution in [0.15, 0.2) is 59.1 Å². The molecule has 0 saturated heterocycles. The number of primary amides is 1. The van der Waals surface area contributed by atoms with Crippen LogP contribution >= 0.6 is 0 Å². The number of anilines is 1. The third kappa shape index (κ3) is 3.88. The second-order valence-corrected chi connectivity index (χ2v) is 6.12. The molecular formula is C20H18N4O3. The Morgan fingerprint density at radius 1 is 1.07 bits per heavy atom. The van der Waals surface area contributed by atoms with E-state index in [0.717, 1.165) is 29.7 Å². The number of hydrogen-bond acceptors (Lipinski definition) is 5. The number of carbonyl (C=O) groups excluding carboxylic acids is 1. The number of benzene rings is 2. The molecule has 7 heteroatoms. The zero-order valence-electron chi connectivity index (χ0n) is 14.5. The summed E-state index contributed by atoms with van der Waals surface area (Å²) < 4.78 is 10.8. The van der Waals surface area contributed by atoms with Gasteiger partial charge in [-0.2, -0.15) is 4.98 Å². The monoisotopic (exact) mass is 362 g/mol. The molecule has 1 aliphatic rings. The van der Waals surface area contributed by atoms with Crippen molar-refractivity contribution in [2.45, 2.75) is 6.42 Å². The minimum Gasteiger partial charge on any atom is -0.377 e. The molecule has 2 amide bonds. The Bertz CT molecular complexity index is 992. The third-order valence-corrected chi connectivity index (χ3v) is 4.28. The van der Waals surface area contributed by atoms with Gasteiger partial charge in [0.15, 0.2) is 0 Å². The summed E-state index contributed by atoms with van der Waals surface area (Å²) in [7, 11) is 0. The molecule has 0 aliphatic carbocycles. The van der Waals surface area contributed by atoms with Gasteiger partial charge in [0.2, 0.25) is 5.82 Å². The molecule has 0 atom stereocenters. The molecule has 7 nitrogen and oxygen atoms in total. The third-order valence-electron chi connectivity index (χ3n) is 4.28. The van der Waals surface area contributed by atoms with Gasteiger partial charge in [0.1, 0.15) is 0 Å². The predicted octanol–water partition coefficient (Wildman–Crippen LogP) is 3.70. The Hall–Kier alpha value is -3.45. The summed E-state index contributed by atoms with van der Waals surface area (Å²) in [5.41, 5.74) is 9.76. The van der Waals surface area contributed by atoms with Crippen LogP contribution in [0.3, 0.4) is 0 Å². The molecule has 27 heavy (non-hydrogen) atoms. The topological polar surface area (TPSA) is 103 Å².